The number of amides is 4. The topological polar surface area (TPSA) is 105 Å². The molecule has 162 valence electrons. The van der Waals surface area contributed by atoms with Crippen LogP contribution in [0.4, 0.5) is 21.0 Å². The molecule has 0 saturated carbocycles. The van der Waals surface area contributed by atoms with E-state index in [4.69, 9.17) is 46.4 Å². The van der Waals surface area contributed by atoms with Crippen LogP contribution in [-0.4, -0.2) is 35.6 Å². The predicted molar refractivity (Wildman–Crippen MR) is 117 cm³/mol. The summed E-state index contributed by atoms with van der Waals surface area (Å²) in [5, 5.41) is 26.7. The van der Waals surface area contributed by atoms with Crippen molar-refractivity contribution < 1.29 is 20.0 Å². The molecule has 0 aromatic heterocycles. The van der Waals surface area contributed by atoms with E-state index in [1.165, 1.54) is 36.4 Å². The van der Waals surface area contributed by atoms with Gasteiger partial charge in [0, 0.05) is 13.1 Å². The molecule has 0 atom stereocenters. The lowest BCUT2D eigenvalue weighted by molar-refractivity contribution is 0.203. The molecule has 0 saturated heterocycles. The molecule has 4 N–H and O–H groups in total. The lowest BCUT2D eigenvalue weighted by Crippen LogP contribution is -2.39. The molecular weight excluding hydrogens is 478 g/mol. The van der Waals surface area contributed by atoms with Crippen LogP contribution < -0.4 is 20.8 Å². The Balaban J connectivity index is 1.68. The van der Waals surface area contributed by atoms with E-state index in [1.54, 1.807) is 0 Å². The van der Waals surface area contributed by atoms with Gasteiger partial charge >= 0.3 is 12.1 Å². The van der Waals surface area contributed by atoms with E-state index < -0.39 is 12.1 Å². The molecule has 0 aliphatic carbocycles. The molecule has 12 heteroatoms. The van der Waals surface area contributed by atoms with Crippen LogP contribution in [0, 0.1) is 0 Å². The Bertz CT molecular complexity index is 842. The van der Waals surface area contributed by atoms with Gasteiger partial charge in [0.05, 0.1) is 31.5 Å². The molecule has 2 aromatic carbocycles. The van der Waals surface area contributed by atoms with Crippen molar-refractivity contribution in [3.05, 3.63) is 56.5 Å². The van der Waals surface area contributed by atoms with E-state index in [2.05, 4.69) is 10.6 Å². The molecule has 0 fully saturated rings. The first-order valence-corrected chi connectivity index (χ1v) is 10.2. The summed E-state index contributed by atoms with van der Waals surface area (Å²) < 4.78 is 0. The van der Waals surface area contributed by atoms with Crippen LogP contribution >= 0.6 is 46.4 Å². The van der Waals surface area contributed by atoms with E-state index in [-0.39, 0.29) is 34.5 Å². The zero-order valence-electron chi connectivity index (χ0n) is 15.4. The lowest BCUT2D eigenvalue weighted by Gasteiger charge is -2.17. The van der Waals surface area contributed by atoms with Gasteiger partial charge in [0.15, 0.2) is 0 Å². The minimum atomic E-state index is -0.737. The zero-order valence-corrected chi connectivity index (χ0v) is 18.4. The monoisotopic (exact) mass is 494 g/mol. The van der Waals surface area contributed by atoms with Crippen molar-refractivity contribution >= 4 is 69.8 Å². The number of rotatable bonds is 7. The van der Waals surface area contributed by atoms with E-state index in [0.717, 1.165) is 0 Å². The highest BCUT2D eigenvalue weighted by atomic mass is 35.5. The number of anilines is 2. The Morgan fingerprint density at radius 3 is 1.40 bits per heavy atom. The van der Waals surface area contributed by atoms with Crippen molar-refractivity contribution in [2.45, 2.75) is 12.8 Å². The van der Waals surface area contributed by atoms with Gasteiger partial charge in [-0.25, -0.2) is 9.59 Å². The summed E-state index contributed by atoms with van der Waals surface area (Å²) in [5.41, 5.74) is 0.332. The van der Waals surface area contributed by atoms with Gasteiger partial charge in [0.25, 0.3) is 0 Å². The van der Waals surface area contributed by atoms with Crippen LogP contribution in [0.1, 0.15) is 12.8 Å². The molecule has 0 aliphatic heterocycles. The Kier molecular flexibility index (Phi) is 9.29. The maximum Gasteiger partial charge on any atom is 0.345 e. The number of carbonyl (C=O) groups excluding carboxylic acids is 2. The Hall–Kier alpha value is -1.94. The summed E-state index contributed by atoms with van der Waals surface area (Å²) >= 11 is 23.3. The molecular formula is C18H18Cl4N4O4. The molecule has 4 amide bonds. The van der Waals surface area contributed by atoms with Gasteiger partial charge in [-0.15, -0.1) is 0 Å². The van der Waals surface area contributed by atoms with Gasteiger partial charge in [0.2, 0.25) is 0 Å². The number of hydrogen-bond donors (Lipinski definition) is 4. The van der Waals surface area contributed by atoms with Gasteiger partial charge in [-0.2, -0.15) is 10.1 Å². The average molecular weight is 496 g/mol. The summed E-state index contributed by atoms with van der Waals surface area (Å²) in [4.78, 5) is 23.9. The number of hydroxylamine groups is 2. The fourth-order valence-corrected chi connectivity index (χ4v) is 2.84. The number of carbonyl (C=O) groups is 2. The van der Waals surface area contributed by atoms with Crippen LogP contribution in [0.25, 0.3) is 0 Å². The Morgan fingerprint density at radius 1 is 0.700 bits per heavy atom. The molecule has 0 spiro atoms. The molecule has 8 nitrogen and oxygen atoms in total. The van der Waals surface area contributed by atoms with Crippen LogP contribution in [0.5, 0.6) is 0 Å². The average Bonchev–Trinajstić information content (AvgIpc) is 2.73. The zero-order chi connectivity index (χ0) is 22.3. The molecule has 30 heavy (non-hydrogen) atoms. The highest BCUT2D eigenvalue weighted by Gasteiger charge is 2.15. The molecule has 0 unspecified atom stereocenters. The third-order valence-corrected chi connectivity index (χ3v) is 5.31. The number of urea groups is 2. The third kappa shape index (κ3) is 6.80. The van der Waals surface area contributed by atoms with Crippen LogP contribution in [-0.2, 0) is 0 Å². The van der Waals surface area contributed by atoms with Crippen LogP contribution in [0.3, 0.4) is 0 Å². The number of nitrogens with zero attached hydrogens (tertiary/aromatic N) is 2. The Morgan fingerprint density at radius 2 is 1.07 bits per heavy atom. The second-order valence-corrected chi connectivity index (χ2v) is 7.62. The highest BCUT2D eigenvalue weighted by molar-refractivity contribution is 6.42. The van der Waals surface area contributed by atoms with E-state index in [1.807, 2.05) is 0 Å². The van der Waals surface area contributed by atoms with Gasteiger partial charge in [-0.3, -0.25) is 10.4 Å². The second kappa shape index (κ2) is 11.5. The highest BCUT2D eigenvalue weighted by Crippen LogP contribution is 2.27. The minimum absolute atomic E-state index is 0.166. The van der Waals surface area contributed by atoms with Crippen LogP contribution in [0.15, 0.2) is 36.4 Å². The molecule has 0 bridgehead atoms. The third-order valence-electron chi connectivity index (χ3n) is 3.84. The van der Waals surface area contributed by atoms with Gasteiger partial charge in [-0.05, 0) is 49.2 Å². The minimum Gasteiger partial charge on any atom is -0.336 e. The number of benzene rings is 2. The van der Waals surface area contributed by atoms with E-state index >= 15 is 0 Å². The van der Waals surface area contributed by atoms with Crippen molar-refractivity contribution in [1.29, 1.82) is 0 Å². The van der Waals surface area contributed by atoms with Gasteiger partial charge in [-0.1, -0.05) is 46.4 Å². The lowest BCUT2D eigenvalue weighted by atomic mass is 10.3. The van der Waals surface area contributed by atoms with Crippen LogP contribution in [0.2, 0.25) is 20.1 Å². The van der Waals surface area contributed by atoms with Crippen molar-refractivity contribution in [2.75, 3.05) is 23.2 Å². The normalized spacial score (nSPS) is 10.5. The first-order chi connectivity index (χ1) is 14.2. The molecule has 0 heterocycles. The number of unbranched alkanes of at least 4 members (excludes halogenated alkanes) is 1. The maximum atomic E-state index is 11.9. The molecule has 2 aromatic rings. The SMILES string of the molecule is O=C(NCCCCNC(=O)N(O)c1ccc(Cl)c(Cl)c1)N(O)c1ccc(Cl)c(Cl)c1. The van der Waals surface area contributed by atoms with Crippen molar-refractivity contribution in [2.24, 2.45) is 0 Å². The van der Waals surface area contributed by atoms with Gasteiger partial charge in [0.1, 0.15) is 0 Å². The van der Waals surface area contributed by atoms with Crippen molar-refractivity contribution in [3.8, 4) is 0 Å². The fourth-order valence-electron chi connectivity index (χ4n) is 2.26. The van der Waals surface area contributed by atoms with Gasteiger partial charge < -0.3 is 10.6 Å². The summed E-state index contributed by atoms with van der Waals surface area (Å²) in [7, 11) is 0. The number of nitrogens with one attached hydrogen (secondary N) is 2. The second-order valence-electron chi connectivity index (χ2n) is 5.99. The summed E-state index contributed by atoms with van der Waals surface area (Å²) in [6, 6.07) is 7.04. The number of hydrogen-bond acceptors (Lipinski definition) is 4. The molecule has 0 radical (unpaired) electrons. The quantitative estimate of drug-likeness (QED) is 0.228. The van der Waals surface area contributed by atoms with Crippen molar-refractivity contribution in [3.63, 3.8) is 0 Å². The largest absolute Gasteiger partial charge is 0.345 e. The summed E-state index contributed by atoms with van der Waals surface area (Å²) in [6.07, 6.45) is 1.03. The number of halogens is 4. The van der Waals surface area contributed by atoms with E-state index in [9.17, 15) is 20.0 Å². The summed E-state index contributed by atoms with van der Waals surface area (Å²) in [5.74, 6) is 0. The van der Waals surface area contributed by atoms with E-state index in [0.29, 0.717) is 33.0 Å². The smallest absolute Gasteiger partial charge is 0.336 e. The summed E-state index contributed by atoms with van der Waals surface area (Å²) in [6.45, 7) is 0.505. The first kappa shape index (κ1) is 24.3. The fraction of sp³-hybridized carbons (Fsp3) is 0.222. The Labute approximate surface area is 192 Å². The molecule has 2 rings (SSSR count). The first-order valence-electron chi connectivity index (χ1n) is 8.64. The predicted octanol–water partition coefficient (Wildman–Crippen LogP) is 5.59. The maximum absolute atomic E-state index is 11.9. The molecule has 0 aliphatic rings. The van der Waals surface area contributed by atoms with Crippen molar-refractivity contribution in [1.82, 2.24) is 10.6 Å². The standard InChI is InChI=1S/C18H18Cl4N4O4/c19-13-5-3-11(9-15(13)21)25(29)17(27)23-7-1-2-8-24-18(28)26(30)12-4-6-14(20)16(22)10-12/h3-6,9-10,29-30H,1-2,7-8H2,(H,23,27)(H,24,28).